The Morgan fingerprint density at radius 3 is 3.04 bits per heavy atom. The number of nitrogens with zero attached hydrogens (tertiary/aromatic N) is 4. The molecule has 118 valence electrons. The lowest BCUT2D eigenvalue weighted by Crippen LogP contribution is -2.20. The summed E-state index contributed by atoms with van der Waals surface area (Å²) >= 11 is 1.24. The van der Waals surface area contributed by atoms with E-state index in [-0.39, 0.29) is 11.5 Å². The number of fused-ring (bicyclic) bond motifs is 1. The molecule has 8 heteroatoms. The van der Waals surface area contributed by atoms with Gasteiger partial charge in [-0.1, -0.05) is 17.4 Å². The fourth-order valence-electron chi connectivity index (χ4n) is 2.12. The van der Waals surface area contributed by atoms with Crippen molar-refractivity contribution in [2.24, 2.45) is 4.99 Å². The van der Waals surface area contributed by atoms with Crippen LogP contribution in [0.1, 0.15) is 10.5 Å². The summed E-state index contributed by atoms with van der Waals surface area (Å²) in [4.78, 5) is 24.5. The third-order valence-electron chi connectivity index (χ3n) is 3.15. The minimum absolute atomic E-state index is 0.142. The molecule has 0 aliphatic carbocycles. The summed E-state index contributed by atoms with van der Waals surface area (Å²) in [7, 11) is 1.56. The SMILES string of the molecule is COCCn1c(=NC(=O)c2cnccn2)sc2cccc(F)c21. The number of halogens is 1. The summed E-state index contributed by atoms with van der Waals surface area (Å²) < 4.78 is 21.6. The van der Waals surface area contributed by atoms with Crippen molar-refractivity contribution in [3.63, 3.8) is 0 Å². The molecule has 0 saturated heterocycles. The van der Waals surface area contributed by atoms with E-state index in [9.17, 15) is 9.18 Å². The molecule has 23 heavy (non-hydrogen) atoms. The van der Waals surface area contributed by atoms with Gasteiger partial charge in [0.15, 0.2) is 4.80 Å². The van der Waals surface area contributed by atoms with Gasteiger partial charge in [0.05, 0.1) is 23.0 Å². The van der Waals surface area contributed by atoms with Crippen LogP contribution in [0.25, 0.3) is 10.2 Å². The third kappa shape index (κ3) is 3.17. The van der Waals surface area contributed by atoms with E-state index in [2.05, 4.69) is 15.0 Å². The number of hydrogen-bond donors (Lipinski definition) is 0. The Morgan fingerprint density at radius 2 is 2.30 bits per heavy atom. The van der Waals surface area contributed by atoms with Crippen molar-refractivity contribution in [3.05, 3.63) is 53.1 Å². The topological polar surface area (TPSA) is 69.4 Å². The molecule has 3 rings (SSSR count). The number of para-hydroxylation sites is 1. The summed E-state index contributed by atoms with van der Waals surface area (Å²) in [6, 6.07) is 4.80. The maximum atomic E-state index is 14.1. The molecule has 2 aromatic heterocycles. The second-order valence-corrected chi connectivity index (χ2v) is 5.63. The van der Waals surface area contributed by atoms with Crippen molar-refractivity contribution in [3.8, 4) is 0 Å². The Balaban J connectivity index is 2.14. The second-order valence-electron chi connectivity index (χ2n) is 4.62. The zero-order valence-electron chi connectivity index (χ0n) is 12.3. The van der Waals surface area contributed by atoms with E-state index in [4.69, 9.17) is 4.74 Å². The summed E-state index contributed by atoms with van der Waals surface area (Å²) in [6.07, 6.45) is 4.25. The predicted octanol–water partition coefficient (Wildman–Crippen LogP) is 2.02. The zero-order valence-corrected chi connectivity index (χ0v) is 13.1. The largest absolute Gasteiger partial charge is 0.383 e. The van der Waals surface area contributed by atoms with Crippen LogP contribution in [0, 0.1) is 5.82 Å². The van der Waals surface area contributed by atoms with Crippen LogP contribution in [-0.4, -0.2) is 34.2 Å². The van der Waals surface area contributed by atoms with Gasteiger partial charge >= 0.3 is 0 Å². The van der Waals surface area contributed by atoms with Gasteiger partial charge in [-0.3, -0.25) is 9.78 Å². The standard InChI is InChI=1S/C15H13FN4O2S/c1-22-8-7-20-13-10(16)3-2-4-12(13)23-15(20)19-14(21)11-9-17-5-6-18-11/h2-6,9H,7-8H2,1H3. The second kappa shape index (κ2) is 6.76. The van der Waals surface area contributed by atoms with Crippen molar-refractivity contribution in [2.45, 2.75) is 6.54 Å². The fraction of sp³-hybridized carbons (Fsp3) is 0.200. The smallest absolute Gasteiger partial charge is 0.299 e. The van der Waals surface area contributed by atoms with E-state index >= 15 is 0 Å². The Labute approximate surface area is 134 Å². The minimum Gasteiger partial charge on any atom is -0.383 e. The Kier molecular flexibility index (Phi) is 4.54. The molecule has 2 heterocycles. The molecule has 0 atom stereocenters. The summed E-state index contributed by atoms with van der Waals surface area (Å²) in [5, 5.41) is 0. The lowest BCUT2D eigenvalue weighted by Gasteiger charge is -2.04. The number of ether oxygens (including phenoxy) is 1. The van der Waals surface area contributed by atoms with Crippen LogP contribution < -0.4 is 4.80 Å². The predicted molar refractivity (Wildman–Crippen MR) is 83.6 cm³/mol. The normalized spacial score (nSPS) is 12.0. The van der Waals surface area contributed by atoms with E-state index < -0.39 is 5.91 Å². The number of amides is 1. The van der Waals surface area contributed by atoms with E-state index in [0.29, 0.717) is 28.2 Å². The fourth-order valence-corrected chi connectivity index (χ4v) is 3.18. The van der Waals surface area contributed by atoms with Gasteiger partial charge in [0.25, 0.3) is 5.91 Å². The van der Waals surface area contributed by atoms with Crippen LogP contribution >= 0.6 is 11.3 Å². The number of thiazole rings is 1. The number of aromatic nitrogens is 3. The first kappa shape index (κ1) is 15.4. The first-order valence-electron chi connectivity index (χ1n) is 6.82. The molecule has 0 unspecified atom stereocenters. The van der Waals surface area contributed by atoms with Crippen LogP contribution in [-0.2, 0) is 11.3 Å². The third-order valence-corrected chi connectivity index (χ3v) is 4.19. The van der Waals surface area contributed by atoms with E-state index in [1.165, 1.54) is 36.0 Å². The minimum atomic E-state index is -0.517. The Bertz CT molecular complexity index is 905. The monoisotopic (exact) mass is 332 g/mol. The van der Waals surface area contributed by atoms with Crippen LogP contribution in [0.5, 0.6) is 0 Å². The van der Waals surface area contributed by atoms with E-state index in [1.54, 1.807) is 23.8 Å². The van der Waals surface area contributed by atoms with Gasteiger partial charge in [-0.2, -0.15) is 4.99 Å². The van der Waals surface area contributed by atoms with E-state index in [0.717, 1.165) is 0 Å². The molecule has 0 aliphatic heterocycles. The van der Waals surface area contributed by atoms with Gasteiger partial charge in [-0.05, 0) is 12.1 Å². The van der Waals surface area contributed by atoms with Crippen molar-refractivity contribution in [1.82, 2.24) is 14.5 Å². The Morgan fingerprint density at radius 1 is 1.43 bits per heavy atom. The highest BCUT2D eigenvalue weighted by atomic mass is 32.1. The molecule has 0 saturated carbocycles. The summed E-state index contributed by atoms with van der Waals surface area (Å²) in [5.41, 5.74) is 0.559. The Hall–Kier alpha value is -2.45. The molecule has 0 N–H and O–H groups in total. The molecular formula is C15H13FN4O2S. The van der Waals surface area contributed by atoms with Crippen LogP contribution in [0.2, 0.25) is 0 Å². The maximum absolute atomic E-state index is 14.1. The van der Waals surface area contributed by atoms with Crippen molar-refractivity contribution >= 4 is 27.5 Å². The molecule has 3 aromatic rings. The molecule has 0 radical (unpaired) electrons. The highest BCUT2D eigenvalue weighted by Gasteiger charge is 2.12. The highest BCUT2D eigenvalue weighted by molar-refractivity contribution is 7.16. The molecule has 1 amide bonds. The maximum Gasteiger partial charge on any atom is 0.299 e. The molecule has 1 aromatic carbocycles. The zero-order chi connectivity index (χ0) is 16.2. The molecule has 0 spiro atoms. The lowest BCUT2D eigenvalue weighted by atomic mass is 10.3. The molecule has 0 fully saturated rings. The highest BCUT2D eigenvalue weighted by Crippen LogP contribution is 2.20. The molecule has 0 aliphatic rings. The number of hydrogen-bond acceptors (Lipinski definition) is 5. The number of carbonyl (C=O) groups is 1. The van der Waals surface area contributed by atoms with Crippen molar-refractivity contribution < 1.29 is 13.9 Å². The number of methoxy groups -OCH3 is 1. The first-order valence-corrected chi connectivity index (χ1v) is 7.64. The van der Waals surface area contributed by atoms with Gasteiger partial charge in [0.1, 0.15) is 11.5 Å². The molecule has 0 bridgehead atoms. The van der Waals surface area contributed by atoms with Crippen LogP contribution in [0.4, 0.5) is 4.39 Å². The number of carbonyl (C=O) groups excluding carboxylic acids is 1. The van der Waals surface area contributed by atoms with Gasteiger partial charge in [0, 0.05) is 26.0 Å². The molecule has 6 nitrogen and oxygen atoms in total. The van der Waals surface area contributed by atoms with Gasteiger partial charge in [-0.15, -0.1) is 0 Å². The quantitative estimate of drug-likeness (QED) is 0.733. The average Bonchev–Trinajstić information content (AvgIpc) is 2.92. The lowest BCUT2D eigenvalue weighted by molar-refractivity contribution is 0.0992. The van der Waals surface area contributed by atoms with Gasteiger partial charge < -0.3 is 9.30 Å². The van der Waals surface area contributed by atoms with Crippen molar-refractivity contribution in [2.75, 3.05) is 13.7 Å². The number of rotatable bonds is 4. The number of benzene rings is 1. The van der Waals surface area contributed by atoms with E-state index in [1.807, 2.05) is 0 Å². The molecular weight excluding hydrogens is 319 g/mol. The van der Waals surface area contributed by atoms with Crippen LogP contribution in [0.3, 0.4) is 0 Å². The van der Waals surface area contributed by atoms with Crippen LogP contribution in [0.15, 0.2) is 41.8 Å². The van der Waals surface area contributed by atoms with Crippen molar-refractivity contribution in [1.29, 1.82) is 0 Å². The summed E-state index contributed by atoms with van der Waals surface area (Å²) in [6.45, 7) is 0.775. The average molecular weight is 332 g/mol. The summed E-state index contributed by atoms with van der Waals surface area (Å²) in [5.74, 6) is -0.875. The first-order chi connectivity index (χ1) is 11.2. The van der Waals surface area contributed by atoms with Gasteiger partial charge in [-0.25, -0.2) is 9.37 Å². The van der Waals surface area contributed by atoms with Gasteiger partial charge in [0.2, 0.25) is 0 Å².